The Morgan fingerprint density at radius 3 is 2.63 bits per heavy atom. The molecule has 0 aliphatic carbocycles. The summed E-state index contributed by atoms with van der Waals surface area (Å²) < 4.78 is 11.0. The molecule has 0 amide bonds. The molecule has 0 saturated heterocycles. The number of aliphatic imine (C=N–C) groups is 1. The summed E-state index contributed by atoms with van der Waals surface area (Å²) in [5.74, 6) is 2.29. The van der Waals surface area contributed by atoms with Crippen LogP contribution in [0.2, 0.25) is 0 Å². The Hall–Kier alpha value is -2.28. The van der Waals surface area contributed by atoms with Gasteiger partial charge in [-0.05, 0) is 45.4 Å². The third kappa shape index (κ3) is 6.43. The molecular formula is C20H30N4O2S. The van der Waals surface area contributed by atoms with Crippen molar-refractivity contribution in [2.24, 2.45) is 4.99 Å². The number of thiazole rings is 1. The van der Waals surface area contributed by atoms with Gasteiger partial charge in [-0.1, -0.05) is 6.07 Å². The molecule has 7 heteroatoms. The van der Waals surface area contributed by atoms with Crippen molar-refractivity contribution < 1.29 is 9.47 Å². The number of methoxy groups -OCH3 is 1. The molecule has 0 unspecified atom stereocenters. The molecule has 27 heavy (non-hydrogen) atoms. The SMILES string of the molecule is CCNC(=NCc1ccc(OC)c(OCC)c1)NCCc1nc(C)c(C)s1. The molecule has 0 saturated carbocycles. The number of nitrogens with one attached hydrogen (secondary N) is 2. The van der Waals surface area contributed by atoms with E-state index in [-0.39, 0.29) is 0 Å². The summed E-state index contributed by atoms with van der Waals surface area (Å²) in [7, 11) is 1.65. The topological polar surface area (TPSA) is 67.8 Å². The van der Waals surface area contributed by atoms with Crippen molar-refractivity contribution in [3.8, 4) is 11.5 Å². The highest BCUT2D eigenvalue weighted by Gasteiger charge is 2.06. The quantitative estimate of drug-likeness (QED) is 0.507. The maximum absolute atomic E-state index is 5.64. The minimum absolute atomic E-state index is 0.564. The number of guanidine groups is 1. The van der Waals surface area contributed by atoms with Crippen LogP contribution in [0.25, 0.3) is 0 Å². The molecule has 2 aromatic rings. The van der Waals surface area contributed by atoms with E-state index in [9.17, 15) is 0 Å². The molecule has 0 radical (unpaired) electrons. The summed E-state index contributed by atoms with van der Waals surface area (Å²) in [6, 6.07) is 5.91. The van der Waals surface area contributed by atoms with Gasteiger partial charge in [0.2, 0.25) is 0 Å². The second-order valence-corrected chi connectivity index (χ2v) is 7.33. The van der Waals surface area contributed by atoms with Gasteiger partial charge < -0.3 is 20.1 Å². The zero-order valence-corrected chi connectivity index (χ0v) is 17.7. The number of rotatable bonds is 9. The molecule has 2 N–H and O–H groups in total. The van der Waals surface area contributed by atoms with Gasteiger partial charge >= 0.3 is 0 Å². The molecule has 0 atom stereocenters. The third-order valence-electron chi connectivity index (χ3n) is 4.00. The first-order valence-electron chi connectivity index (χ1n) is 9.32. The molecule has 6 nitrogen and oxygen atoms in total. The fourth-order valence-corrected chi connectivity index (χ4v) is 3.47. The molecular weight excluding hydrogens is 360 g/mol. The highest BCUT2D eigenvalue weighted by Crippen LogP contribution is 2.28. The Labute approximate surface area is 166 Å². The van der Waals surface area contributed by atoms with Crippen LogP contribution in [0.3, 0.4) is 0 Å². The summed E-state index contributed by atoms with van der Waals surface area (Å²) in [4.78, 5) is 10.5. The van der Waals surface area contributed by atoms with Gasteiger partial charge in [0.25, 0.3) is 0 Å². The van der Waals surface area contributed by atoms with Crippen molar-refractivity contribution in [1.29, 1.82) is 0 Å². The normalized spacial score (nSPS) is 11.4. The van der Waals surface area contributed by atoms with Gasteiger partial charge in [0.05, 0.1) is 31.0 Å². The lowest BCUT2D eigenvalue weighted by atomic mass is 10.2. The summed E-state index contributed by atoms with van der Waals surface area (Å²) in [5, 5.41) is 7.82. The molecule has 0 aliphatic heterocycles. The molecule has 1 aromatic heterocycles. The molecule has 2 rings (SSSR count). The first kappa shape index (κ1) is 21.0. The van der Waals surface area contributed by atoms with Crippen molar-refractivity contribution in [2.75, 3.05) is 26.8 Å². The van der Waals surface area contributed by atoms with Gasteiger partial charge in [-0.2, -0.15) is 0 Å². The largest absolute Gasteiger partial charge is 0.493 e. The van der Waals surface area contributed by atoms with Crippen LogP contribution in [-0.2, 0) is 13.0 Å². The maximum atomic E-state index is 5.64. The minimum atomic E-state index is 0.564. The maximum Gasteiger partial charge on any atom is 0.191 e. The zero-order valence-electron chi connectivity index (χ0n) is 16.9. The number of ether oxygens (including phenoxy) is 2. The van der Waals surface area contributed by atoms with E-state index in [0.29, 0.717) is 13.2 Å². The lowest BCUT2D eigenvalue weighted by molar-refractivity contribution is 0.310. The zero-order chi connectivity index (χ0) is 19.6. The third-order valence-corrected chi connectivity index (χ3v) is 5.13. The van der Waals surface area contributed by atoms with Crippen LogP contribution < -0.4 is 20.1 Å². The van der Waals surface area contributed by atoms with E-state index in [2.05, 4.69) is 41.4 Å². The van der Waals surface area contributed by atoms with Crippen molar-refractivity contribution in [3.63, 3.8) is 0 Å². The van der Waals surface area contributed by atoms with Gasteiger partial charge in [-0.15, -0.1) is 11.3 Å². The Kier molecular flexibility index (Phi) is 8.39. The molecule has 1 heterocycles. The van der Waals surface area contributed by atoms with E-state index in [1.54, 1.807) is 18.4 Å². The van der Waals surface area contributed by atoms with Gasteiger partial charge in [0, 0.05) is 24.4 Å². The number of aryl methyl sites for hydroxylation is 2. The standard InChI is InChI=1S/C20H30N4O2S/c1-6-21-20(22-11-10-19-24-14(3)15(4)27-19)23-13-16-8-9-17(25-5)18(12-16)26-7-2/h8-9,12H,6-7,10-11,13H2,1-5H3,(H2,21,22,23). The Bertz CT molecular complexity index is 739. The van der Waals surface area contributed by atoms with Crippen LogP contribution in [-0.4, -0.2) is 37.7 Å². The molecule has 1 aromatic carbocycles. The van der Waals surface area contributed by atoms with Crippen LogP contribution in [0.15, 0.2) is 23.2 Å². The number of hydrogen-bond acceptors (Lipinski definition) is 5. The van der Waals surface area contributed by atoms with Crippen molar-refractivity contribution in [3.05, 3.63) is 39.3 Å². The van der Waals surface area contributed by atoms with Crippen molar-refractivity contribution in [1.82, 2.24) is 15.6 Å². The van der Waals surface area contributed by atoms with Gasteiger partial charge in [-0.3, -0.25) is 0 Å². The van der Waals surface area contributed by atoms with Crippen LogP contribution in [0, 0.1) is 13.8 Å². The number of benzene rings is 1. The molecule has 0 fully saturated rings. The summed E-state index contributed by atoms with van der Waals surface area (Å²) >= 11 is 1.76. The van der Waals surface area contributed by atoms with Gasteiger partial charge in [0.1, 0.15) is 0 Å². The van der Waals surface area contributed by atoms with E-state index in [1.807, 2.05) is 25.1 Å². The molecule has 0 spiro atoms. The first-order chi connectivity index (χ1) is 13.1. The number of hydrogen-bond donors (Lipinski definition) is 2. The van der Waals surface area contributed by atoms with Gasteiger partial charge in [0.15, 0.2) is 17.5 Å². The predicted octanol–water partition coefficient (Wildman–Crippen LogP) is 3.47. The monoisotopic (exact) mass is 390 g/mol. The number of nitrogens with zero attached hydrogens (tertiary/aromatic N) is 2. The predicted molar refractivity (Wildman–Crippen MR) is 112 cm³/mol. The summed E-state index contributed by atoms with van der Waals surface area (Å²) in [5.41, 5.74) is 2.20. The Morgan fingerprint density at radius 2 is 2.00 bits per heavy atom. The summed E-state index contributed by atoms with van der Waals surface area (Å²) in [6.07, 6.45) is 0.890. The highest BCUT2D eigenvalue weighted by molar-refractivity contribution is 7.11. The van der Waals surface area contributed by atoms with E-state index in [1.165, 1.54) is 4.88 Å². The van der Waals surface area contributed by atoms with E-state index >= 15 is 0 Å². The fraction of sp³-hybridized carbons (Fsp3) is 0.500. The molecule has 148 valence electrons. The first-order valence-corrected chi connectivity index (χ1v) is 10.1. The van der Waals surface area contributed by atoms with Crippen molar-refractivity contribution in [2.45, 2.75) is 40.7 Å². The van der Waals surface area contributed by atoms with E-state index in [0.717, 1.165) is 53.2 Å². The van der Waals surface area contributed by atoms with E-state index in [4.69, 9.17) is 9.47 Å². The fourth-order valence-electron chi connectivity index (χ4n) is 2.53. The summed E-state index contributed by atoms with van der Waals surface area (Å²) in [6.45, 7) is 11.0. The van der Waals surface area contributed by atoms with Crippen LogP contribution in [0.1, 0.15) is 35.0 Å². The average Bonchev–Trinajstić information content (AvgIpc) is 2.98. The highest BCUT2D eigenvalue weighted by atomic mass is 32.1. The second kappa shape index (κ2) is 10.8. The minimum Gasteiger partial charge on any atom is -0.493 e. The van der Waals surface area contributed by atoms with Crippen LogP contribution >= 0.6 is 11.3 Å². The lowest BCUT2D eigenvalue weighted by Gasteiger charge is -2.12. The Balaban J connectivity index is 1.96. The Morgan fingerprint density at radius 1 is 1.19 bits per heavy atom. The molecule has 0 aliphatic rings. The smallest absolute Gasteiger partial charge is 0.191 e. The van der Waals surface area contributed by atoms with Crippen molar-refractivity contribution >= 4 is 17.3 Å². The van der Waals surface area contributed by atoms with Crippen LogP contribution in [0.4, 0.5) is 0 Å². The second-order valence-electron chi connectivity index (χ2n) is 6.04. The van der Waals surface area contributed by atoms with Crippen LogP contribution in [0.5, 0.6) is 11.5 Å². The number of aromatic nitrogens is 1. The molecule has 0 bridgehead atoms. The van der Waals surface area contributed by atoms with Gasteiger partial charge in [-0.25, -0.2) is 9.98 Å². The van der Waals surface area contributed by atoms with E-state index < -0.39 is 0 Å². The lowest BCUT2D eigenvalue weighted by Crippen LogP contribution is -2.38. The average molecular weight is 391 g/mol.